The Morgan fingerprint density at radius 1 is 1.56 bits per heavy atom. The molecule has 1 aromatic rings. The summed E-state index contributed by atoms with van der Waals surface area (Å²) >= 11 is 0. The Bertz CT molecular complexity index is 477. The lowest BCUT2D eigenvalue weighted by Crippen LogP contribution is -2.20. The van der Waals surface area contributed by atoms with Gasteiger partial charge in [-0.3, -0.25) is 0 Å². The van der Waals surface area contributed by atoms with Crippen molar-refractivity contribution in [1.82, 2.24) is 0 Å². The molecule has 0 aromatic heterocycles. The van der Waals surface area contributed by atoms with E-state index in [0.29, 0.717) is 0 Å². The second-order valence-electron chi connectivity index (χ2n) is 4.39. The number of methoxy groups -OCH3 is 1. The van der Waals surface area contributed by atoms with E-state index in [2.05, 4.69) is 12.1 Å². The zero-order chi connectivity index (χ0) is 11.2. The number of ether oxygens (including phenoxy) is 2. The lowest BCUT2D eigenvalue weighted by molar-refractivity contribution is 0.272. The molecule has 1 saturated heterocycles. The summed E-state index contributed by atoms with van der Waals surface area (Å²) in [6.07, 6.45) is 2.85. The number of epoxide rings is 1. The highest BCUT2D eigenvalue weighted by atomic mass is 16.6. The lowest BCUT2D eigenvalue weighted by atomic mass is 9.80. The third kappa shape index (κ3) is 1.17. The minimum atomic E-state index is -0.323. The quantitative estimate of drug-likeness (QED) is 0.674. The Balaban J connectivity index is 2.08. The zero-order valence-electron chi connectivity index (χ0n) is 9.19. The predicted molar refractivity (Wildman–Crippen MR) is 58.1 cm³/mol. The van der Waals surface area contributed by atoms with Crippen molar-refractivity contribution >= 4 is 0 Å². The van der Waals surface area contributed by atoms with Crippen molar-refractivity contribution in [3.63, 3.8) is 0 Å². The molecule has 3 heteroatoms. The van der Waals surface area contributed by atoms with Gasteiger partial charge in [0.1, 0.15) is 11.4 Å². The van der Waals surface area contributed by atoms with Crippen molar-refractivity contribution in [2.75, 3.05) is 7.11 Å². The fraction of sp³-hybridized carbons (Fsp3) is 0.462. The van der Waals surface area contributed by atoms with E-state index in [4.69, 9.17) is 14.7 Å². The summed E-state index contributed by atoms with van der Waals surface area (Å²) < 4.78 is 10.8. The van der Waals surface area contributed by atoms with E-state index in [0.717, 1.165) is 30.6 Å². The SMILES string of the molecule is COc1ccc2c(c1)C1(CCC2)OC1C#N. The Morgan fingerprint density at radius 3 is 3.12 bits per heavy atom. The van der Waals surface area contributed by atoms with Crippen LogP contribution in [-0.2, 0) is 16.8 Å². The van der Waals surface area contributed by atoms with Gasteiger partial charge in [-0.15, -0.1) is 0 Å². The normalized spacial score (nSPS) is 30.6. The molecule has 0 bridgehead atoms. The smallest absolute Gasteiger partial charge is 0.178 e. The predicted octanol–water partition coefficient (Wildman–Crippen LogP) is 2.15. The molecule has 82 valence electrons. The van der Waals surface area contributed by atoms with Crippen molar-refractivity contribution in [3.05, 3.63) is 29.3 Å². The summed E-state index contributed by atoms with van der Waals surface area (Å²) in [7, 11) is 1.66. The van der Waals surface area contributed by atoms with Crippen LogP contribution in [0.2, 0.25) is 0 Å². The number of benzene rings is 1. The molecular weight excluding hydrogens is 202 g/mol. The molecule has 1 spiro atoms. The standard InChI is InChI=1S/C13H13NO2/c1-15-10-5-4-9-3-2-6-13(11(9)7-10)12(8-14)16-13/h4-5,7,12H,2-3,6H2,1H3. The van der Waals surface area contributed by atoms with Gasteiger partial charge < -0.3 is 9.47 Å². The van der Waals surface area contributed by atoms with E-state index in [1.807, 2.05) is 12.1 Å². The fourth-order valence-corrected chi connectivity index (χ4v) is 2.67. The van der Waals surface area contributed by atoms with E-state index < -0.39 is 0 Å². The van der Waals surface area contributed by atoms with E-state index in [9.17, 15) is 0 Å². The zero-order valence-corrected chi connectivity index (χ0v) is 9.19. The number of nitrogens with zero attached hydrogens (tertiary/aromatic N) is 1. The summed E-state index contributed by atoms with van der Waals surface area (Å²) in [6, 6.07) is 8.30. The summed E-state index contributed by atoms with van der Waals surface area (Å²) in [5.41, 5.74) is 2.13. The average molecular weight is 215 g/mol. The van der Waals surface area contributed by atoms with Gasteiger partial charge in [-0.1, -0.05) is 6.07 Å². The average Bonchev–Trinajstić information content (AvgIpc) is 3.04. The number of hydrogen-bond donors (Lipinski definition) is 0. The van der Waals surface area contributed by atoms with Crippen LogP contribution < -0.4 is 4.74 Å². The van der Waals surface area contributed by atoms with Gasteiger partial charge in [-0.25, -0.2) is 0 Å². The number of rotatable bonds is 1. The molecule has 0 N–H and O–H groups in total. The molecule has 1 aliphatic carbocycles. The second-order valence-corrected chi connectivity index (χ2v) is 4.39. The molecule has 1 aromatic carbocycles. The summed E-state index contributed by atoms with van der Waals surface area (Å²) in [6.45, 7) is 0. The first kappa shape index (κ1) is 9.68. The van der Waals surface area contributed by atoms with Crippen molar-refractivity contribution in [2.24, 2.45) is 0 Å². The number of aryl methyl sites for hydroxylation is 1. The van der Waals surface area contributed by atoms with E-state index in [-0.39, 0.29) is 11.7 Å². The molecule has 1 aliphatic heterocycles. The highest BCUT2D eigenvalue weighted by molar-refractivity contribution is 5.45. The van der Waals surface area contributed by atoms with Gasteiger partial charge in [0, 0.05) is 0 Å². The first-order valence-corrected chi connectivity index (χ1v) is 5.55. The monoisotopic (exact) mass is 215 g/mol. The number of fused-ring (bicyclic) bond motifs is 2. The van der Waals surface area contributed by atoms with E-state index in [1.54, 1.807) is 7.11 Å². The molecule has 0 amide bonds. The van der Waals surface area contributed by atoms with Crippen molar-refractivity contribution in [3.8, 4) is 11.8 Å². The summed E-state index contributed by atoms with van der Waals surface area (Å²) in [4.78, 5) is 0. The van der Waals surface area contributed by atoms with Crippen molar-refractivity contribution in [2.45, 2.75) is 31.0 Å². The Morgan fingerprint density at radius 2 is 2.44 bits per heavy atom. The molecular formula is C13H13NO2. The van der Waals surface area contributed by atoms with Gasteiger partial charge in [0.05, 0.1) is 13.2 Å². The topological polar surface area (TPSA) is 45.5 Å². The molecule has 2 unspecified atom stereocenters. The minimum absolute atomic E-state index is 0.265. The lowest BCUT2D eigenvalue weighted by Gasteiger charge is -2.22. The largest absolute Gasteiger partial charge is 0.497 e. The molecule has 3 rings (SSSR count). The van der Waals surface area contributed by atoms with Crippen molar-refractivity contribution in [1.29, 1.82) is 5.26 Å². The Kier molecular flexibility index (Phi) is 1.95. The molecule has 2 atom stereocenters. The van der Waals surface area contributed by atoms with Crippen LogP contribution in [0.15, 0.2) is 18.2 Å². The molecule has 1 fully saturated rings. The van der Waals surface area contributed by atoms with Crippen LogP contribution >= 0.6 is 0 Å². The molecule has 0 radical (unpaired) electrons. The maximum absolute atomic E-state index is 8.97. The number of hydrogen-bond acceptors (Lipinski definition) is 3. The Labute approximate surface area is 94.6 Å². The van der Waals surface area contributed by atoms with Gasteiger partial charge in [-0.05, 0) is 42.5 Å². The maximum atomic E-state index is 8.97. The summed E-state index contributed by atoms with van der Waals surface area (Å²) in [5.74, 6) is 0.840. The van der Waals surface area contributed by atoms with Crippen LogP contribution in [-0.4, -0.2) is 13.2 Å². The second kappa shape index (κ2) is 3.23. The fourth-order valence-electron chi connectivity index (χ4n) is 2.67. The van der Waals surface area contributed by atoms with E-state index >= 15 is 0 Å². The van der Waals surface area contributed by atoms with E-state index in [1.165, 1.54) is 5.56 Å². The first-order valence-electron chi connectivity index (χ1n) is 5.55. The third-order valence-corrected chi connectivity index (χ3v) is 3.58. The summed E-state index contributed by atoms with van der Waals surface area (Å²) in [5, 5.41) is 8.97. The van der Waals surface area contributed by atoms with Crippen molar-refractivity contribution < 1.29 is 9.47 Å². The Hall–Kier alpha value is -1.53. The maximum Gasteiger partial charge on any atom is 0.178 e. The number of nitriles is 1. The van der Waals surface area contributed by atoms with Crippen LogP contribution in [0, 0.1) is 11.3 Å². The third-order valence-electron chi connectivity index (χ3n) is 3.58. The molecule has 3 nitrogen and oxygen atoms in total. The first-order chi connectivity index (χ1) is 7.80. The van der Waals surface area contributed by atoms with Crippen LogP contribution in [0.5, 0.6) is 5.75 Å². The highest BCUT2D eigenvalue weighted by Crippen LogP contribution is 2.53. The van der Waals surface area contributed by atoms with Gasteiger partial charge >= 0.3 is 0 Å². The highest BCUT2D eigenvalue weighted by Gasteiger charge is 2.59. The minimum Gasteiger partial charge on any atom is -0.497 e. The van der Waals surface area contributed by atoms with Gasteiger partial charge in [0.15, 0.2) is 6.10 Å². The van der Waals surface area contributed by atoms with Crippen LogP contribution in [0.3, 0.4) is 0 Å². The van der Waals surface area contributed by atoms with Gasteiger partial charge in [-0.2, -0.15) is 5.26 Å². The molecule has 1 heterocycles. The van der Waals surface area contributed by atoms with Gasteiger partial charge in [0.25, 0.3) is 0 Å². The molecule has 0 saturated carbocycles. The van der Waals surface area contributed by atoms with Crippen LogP contribution in [0.4, 0.5) is 0 Å². The van der Waals surface area contributed by atoms with Gasteiger partial charge in [0.2, 0.25) is 0 Å². The molecule has 2 aliphatic rings. The van der Waals surface area contributed by atoms with Crippen LogP contribution in [0.25, 0.3) is 0 Å². The molecule has 16 heavy (non-hydrogen) atoms. The van der Waals surface area contributed by atoms with Crippen LogP contribution in [0.1, 0.15) is 24.0 Å².